The number of nitrogens with zero attached hydrogens (tertiary/aromatic N) is 4. The predicted octanol–water partition coefficient (Wildman–Crippen LogP) is 6.70. The number of hydrogen-bond acceptors (Lipinski definition) is 3. The number of nitrogens with one attached hydrogen (secondary N) is 2. The maximum atomic E-state index is 14.1. The third kappa shape index (κ3) is 5.52. The molecule has 0 bridgehead atoms. The van der Waals surface area contributed by atoms with E-state index in [1.165, 1.54) is 6.07 Å². The van der Waals surface area contributed by atoms with Crippen LogP contribution in [0.4, 0.5) is 15.9 Å². The van der Waals surface area contributed by atoms with E-state index >= 15 is 0 Å². The fourth-order valence-electron chi connectivity index (χ4n) is 3.47. The van der Waals surface area contributed by atoms with E-state index in [1.54, 1.807) is 41.2 Å². The van der Waals surface area contributed by atoms with Gasteiger partial charge in [0.1, 0.15) is 5.82 Å². The standard InChI is InChI=1S/C23H20Cl3FN6S/c1-13-22(14(2)33(30-13)11-15-6-7-16(24)10-19(15)26)29-23(34)28-21-8-9-32(31-21)12-17-18(25)4-3-5-20(17)27/h3-10H,11-12H2,1-2H3,(H2,28,29,31,34). The number of aryl methyl sites for hydroxylation is 1. The zero-order chi connectivity index (χ0) is 24.4. The average molecular weight is 538 g/mol. The van der Waals surface area contributed by atoms with Crippen molar-refractivity contribution >= 4 is 63.6 Å². The van der Waals surface area contributed by atoms with Gasteiger partial charge in [0, 0.05) is 32.9 Å². The van der Waals surface area contributed by atoms with Gasteiger partial charge in [-0.25, -0.2) is 4.39 Å². The number of benzene rings is 2. The largest absolute Gasteiger partial charge is 0.329 e. The van der Waals surface area contributed by atoms with Gasteiger partial charge in [0.05, 0.1) is 30.2 Å². The molecule has 0 radical (unpaired) electrons. The van der Waals surface area contributed by atoms with Gasteiger partial charge in [-0.15, -0.1) is 0 Å². The van der Waals surface area contributed by atoms with Crippen LogP contribution in [-0.4, -0.2) is 24.7 Å². The maximum Gasteiger partial charge on any atom is 0.176 e. The van der Waals surface area contributed by atoms with Gasteiger partial charge >= 0.3 is 0 Å². The summed E-state index contributed by atoms with van der Waals surface area (Å²) in [6.07, 6.45) is 1.72. The first-order valence-electron chi connectivity index (χ1n) is 10.2. The first-order valence-corrected chi connectivity index (χ1v) is 11.8. The second-order valence-corrected chi connectivity index (χ2v) is 9.28. The molecule has 2 N–H and O–H groups in total. The number of thiocarbonyl (C=S) groups is 1. The number of halogens is 4. The molecule has 0 atom stereocenters. The molecule has 176 valence electrons. The van der Waals surface area contributed by atoms with Crippen molar-refractivity contribution in [1.82, 2.24) is 19.6 Å². The van der Waals surface area contributed by atoms with Gasteiger partial charge in [0.25, 0.3) is 0 Å². The Kier molecular flexibility index (Phi) is 7.42. The Balaban J connectivity index is 1.43. The molecule has 0 unspecified atom stereocenters. The fourth-order valence-corrected chi connectivity index (χ4v) is 4.36. The molecule has 0 aliphatic carbocycles. The Morgan fingerprint density at radius 1 is 1.00 bits per heavy atom. The molecule has 34 heavy (non-hydrogen) atoms. The van der Waals surface area contributed by atoms with Crippen molar-refractivity contribution < 1.29 is 4.39 Å². The molecule has 2 aromatic carbocycles. The molecule has 6 nitrogen and oxygen atoms in total. The van der Waals surface area contributed by atoms with Crippen molar-refractivity contribution in [2.45, 2.75) is 26.9 Å². The second-order valence-electron chi connectivity index (χ2n) is 7.62. The summed E-state index contributed by atoms with van der Waals surface area (Å²) in [6, 6.07) is 11.7. The highest BCUT2D eigenvalue weighted by atomic mass is 35.5. The Labute approximate surface area is 216 Å². The molecular weight excluding hydrogens is 518 g/mol. The minimum atomic E-state index is -0.377. The van der Waals surface area contributed by atoms with E-state index in [-0.39, 0.29) is 12.4 Å². The monoisotopic (exact) mass is 536 g/mol. The third-order valence-corrected chi connectivity index (χ3v) is 6.36. The average Bonchev–Trinajstić information content (AvgIpc) is 3.32. The third-order valence-electron chi connectivity index (χ3n) is 5.22. The summed E-state index contributed by atoms with van der Waals surface area (Å²) in [5, 5.41) is 17.1. The van der Waals surface area contributed by atoms with Crippen LogP contribution in [-0.2, 0) is 13.1 Å². The molecule has 2 heterocycles. The van der Waals surface area contributed by atoms with Gasteiger partial charge in [0.15, 0.2) is 10.9 Å². The smallest absolute Gasteiger partial charge is 0.176 e. The fraction of sp³-hybridized carbons (Fsp3) is 0.174. The van der Waals surface area contributed by atoms with Crippen LogP contribution in [0.15, 0.2) is 48.7 Å². The van der Waals surface area contributed by atoms with Crippen LogP contribution in [0.1, 0.15) is 22.5 Å². The molecule has 0 fully saturated rings. The zero-order valence-corrected chi connectivity index (χ0v) is 21.3. The molecule has 11 heteroatoms. The summed E-state index contributed by atoms with van der Waals surface area (Å²) >= 11 is 23.9. The van der Waals surface area contributed by atoms with E-state index in [9.17, 15) is 4.39 Å². The molecule has 0 aliphatic heterocycles. The molecule has 0 amide bonds. The van der Waals surface area contributed by atoms with E-state index < -0.39 is 0 Å². The van der Waals surface area contributed by atoms with Gasteiger partial charge in [-0.3, -0.25) is 9.36 Å². The highest BCUT2D eigenvalue weighted by Crippen LogP contribution is 2.25. The molecule has 0 spiro atoms. The SMILES string of the molecule is Cc1nn(Cc2ccc(Cl)cc2Cl)c(C)c1NC(=S)Nc1ccn(Cc2c(F)cccc2Cl)n1. The van der Waals surface area contributed by atoms with Crippen LogP contribution in [0.3, 0.4) is 0 Å². The molecular formula is C23H20Cl3FN6S. The second kappa shape index (κ2) is 10.3. The number of anilines is 2. The van der Waals surface area contributed by atoms with Gasteiger partial charge < -0.3 is 10.6 Å². The van der Waals surface area contributed by atoms with E-state index in [4.69, 9.17) is 47.0 Å². The van der Waals surface area contributed by atoms with Crippen molar-refractivity contribution in [2.24, 2.45) is 0 Å². The summed E-state index contributed by atoms with van der Waals surface area (Å²) in [6.45, 7) is 4.53. The summed E-state index contributed by atoms with van der Waals surface area (Å²) in [7, 11) is 0. The number of hydrogen-bond donors (Lipinski definition) is 2. The molecule has 0 saturated carbocycles. The molecule has 4 rings (SSSR count). The topological polar surface area (TPSA) is 59.7 Å². The first kappa shape index (κ1) is 24.5. The molecule has 0 aliphatic rings. The van der Waals surface area contributed by atoms with Gasteiger partial charge in [-0.05, 0) is 55.9 Å². The van der Waals surface area contributed by atoms with Crippen LogP contribution in [0.2, 0.25) is 15.1 Å². The van der Waals surface area contributed by atoms with Crippen molar-refractivity contribution in [3.05, 3.63) is 92.1 Å². The van der Waals surface area contributed by atoms with Crippen LogP contribution in [0.25, 0.3) is 0 Å². The highest BCUT2D eigenvalue weighted by molar-refractivity contribution is 7.80. The van der Waals surface area contributed by atoms with E-state index in [1.807, 2.05) is 24.6 Å². The van der Waals surface area contributed by atoms with E-state index in [0.29, 0.717) is 38.1 Å². The predicted molar refractivity (Wildman–Crippen MR) is 140 cm³/mol. The van der Waals surface area contributed by atoms with Crippen molar-refractivity contribution in [1.29, 1.82) is 0 Å². The van der Waals surface area contributed by atoms with Crippen LogP contribution >= 0.6 is 47.0 Å². The van der Waals surface area contributed by atoms with Crippen molar-refractivity contribution in [3.63, 3.8) is 0 Å². The van der Waals surface area contributed by atoms with E-state index in [0.717, 1.165) is 22.6 Å². The summed E-state index contributed by atoms with van der Waals surface area (Å²) in [5.74, 6) is 0.137. The van der Waals surface area contributed by atoms with Gasteiger partial charge in [-0.2, -0.15) is 10.2 Å². The van der Waals surface area contributed by atoms with Gasteiger partial charge in [0.2, 0.25) is 0 Å². The number of rotatable bonds is 6. The first-order chi connectivity index (χ1) is 16.2. The normalized spacial score (nSPS) is 11.0. The Hall–Kier alpha value is -2.65. The van der Waals surface area contributed by atoms with Crippen LogP contribution in [0.5, 0.6) is 0 Å². The molecule has 4 aromatic rings. The lowest BCUT2D eigenvalue weighted by Crippen LogP contribution is -2.20. The van der Waals surface area contributed by atoms with Crippen molar-refractivity contribution in [2.75, 3.05) is 10.6 Å². The quantitative estimate of drug-likeness (QED) is 0.268. The lowest BCUT2D eigenvalue weighted by molar-refractivity contribution is 0.586. The van der Waals surface area contributed by atoms with Gasteiger partial charge in [-0.1, -0.05) is 46.9 Å². The van der Waals surface area contributed by atoms with Crippen LogP contribution < -0.4 is 10.6 Å². The Bertz CT molecular complexity index is 1350. The maximum absolute atomic E-state index is 14.1. The summed E-state index contributed by atoms with van der Waals surface area (Å²) in [4.78, 5) is 0. The van der Waals surface area contributed by atoms with E-state index in [2.05, 4.69) is 20.8 Å². The number of aromatic nitrogens is 4. The summed E-state index contributed by atoms with van der Waals surface area (Å²) in [5.41, 5.74) is 3.75. The lowest BCUT2D eigenvalue weighted by atomic mass is 10.2. The summed E-state index contributed by atoms with van der Waals surface area (Å²) < 4.78 is 17.5. The Morgan fingerprint density at radius 2 is 1.79 bits per heavy atom. The zero-order valence-electron chi connectivity index (χ0n) is 18.2. The molecule has 2 aromatic heterocycles. The minimum absolute atomic E-state index is 0.200. The van der Waals surface area contributed by atoms with Crippen molar-refractivity contribution in [3.8, 4) is 0 Å². The lowest BCUT2D eigenvalue weighted by Gasteiger charge is -2.10. The minimum Gasteiger partial charge on any atom is -0.329 e. The highest BCUT2D eigenvalue weighted by Gasteiger charge is 2.15. The molecule has 0 saturated heterocycles. The van der Waals surface area contributed by atoms with Crippen LogP contribution in [0, 0.1) is 19.7 Å². The Morgan fingerprint density at radius 3 is 2.53 bits per heavy atom.